The van der Waals surface area contributed by atoms with Crippen molar-refractivity contribution in [3.8, 4) is 0 Å². The molecule has 1 aliphatic rings. The minimum Gasteiger partial charge on any atom is -0.299 e. The second kappa shape index (κ2) is 3.38. The lowest BCUT2D eigenvalue weighted by atomic mass is 10.0. The third-order valence-electron chi connectivity index (χ3n) is 2.18. The molecule has 1 aromatic heterocycles. The summed E-state index contributed by atoms with van der Waals surface area (Å²) in [4.78, 5) is 5.64. The van der Waals surface area contributed by atoms with Crippen LogP contribution < -0.4 is 4.75 Å². The molecular weight excluding hydrogens is 225 g/mol. The van der Waals surface area contributed by atoms with Crippen molar-refractivity contribution in [1.29, 1.82) is 0 Å². The van der Waals surface area contributed by atoms with E-state index in [1.54, 1.807) is 6.66 Å². The maximum Gasteiger partial charge on any atom is 0.221 e. The topological polar surface area (TPSA) is 30.0 Å². The molecule has 0 aliphatic heterocycles. The summed E-state index contributed by atoms with van der Waals surface area (Å²) in [6, 6.07) is 0. The Kier molecular flexibility index (Phi) is 2.52. The Morgan fingerprint density at radius 1 is 1.46 bits per heavy atom. The molecule has 2 nitrogen and oxygen atoms in total. The standard InChI is InChI=1S/C8H11ClNOPS/c1-12(9,11)8-10-6-4-2-3-5-7(6)13-8/h2-5H2,1H3. The summed E-state index contributed by atoms with van der Waals surface area (Å²) in [5, 5.41) is 0. The van der Waals surface area contributed by atoms with Gasteiger partial charge < -0.3 is 0 Å². The predicted octanol–water partition coefficient (Wildman–Crippen LogP) is 2.79. The zero-order valence-corrected chi connectivity index (χ0v) is 9.88. The third-order valence-corrected chi connectivity index (χ3v) is 6.02. The van der Waals surface area contributed by atoms with E-state index in [1.807, 2.05) is 0 Å². The Morgan fingerprint density at radius 3 is 2.77 bits per heavy atom. The Labute approximate surface area is 86.5 Å². The Bertz CT molecular complexity index is 347. The molecule has 0 saturated heterocycles. The summed E-state index contributed by atoms with van der Waals surface area (Å²) in [6.07, 6.45) is 4.55. The predicted molar refractivity (Wildman–Crippen MR) is 57.8 cm³/mol. The zero-order chi connectivity index (χ0) is 9.47. The van der Waals surface area contributed by atoms with Crippen LogP contribution in [0.25, 0.3) is 0 Å². The summed E-state index contributed by atoms with van der Waals surface area (Å²) >= 11 is 7.32. The molecule has 5 heteroatoms. The molecule has 0 spiro atoms. The highest BCUT2D eigenvalue weighted by Gasteiger charge is 2.23. The van der Waals surface area contributed by atoms with Crippen molar-refractivity contribution >= 4 is 33.8 Å². The summed E-state index contributed by atoms with van der Waals surface area (Å²) in [5.74, 6) is 0. The number of thiazole rings is 1. The van der Waals surface area contributed by atoms with E-state index >= 15 is 0 Å². The second-order valence-electron chi connectivity index (χ2n) is 3.39. The van der Waals surface area contributed by atoms with Crippen LogP contribution in [0, 0.1) is 0 Å². The first-order valence-corrected chi connectivity index (χ1v) is 8.21. The Morgan fingerprint density at radius 2 is 2.15 bits per heavy atom. The first-order valence-electron chi connectivity index (χ1n) is 4.33. The molecule has 0 radical (unpaired) electrons. The highest BCUT2D eigenvalue weighted by atomic mass is 35.7. The maximum absolute atomic E-state index is 11.5. The van der Waals surface area contributed by atoms with Crippen LogP contribution in [-0.4, -0.2) is 11.6 Å². The normalized spacial score (nSPS) is 20.8. The molecule has 0 amide bonds. The van der Waals surface area contributed by atoms with Gasteiger partial charge in [-0.2, -0.15) is 0 Å². The van der Waals surface area contributed by atoms with E-state index in [0.29, 0.717) is 4.75 Å². The fourth-order valence-electron chi connectivity index (χ4n) is 1.51. The zero-order valence-electron chi connectivity index (χ0n) is 7.42. The van der Waals surface area contributed by atoms with Gasteiger partial charge in [0.25, 0.3) is 0 Å². The smallest absolute Gasteiger partial charge is 0.221 e. The summed E-state index contributed by atoms with van der Waals surface area (Å²) in [6.45, 7) is -1.07. The van der Waals surface area contributed by atoms with E-state index in [2.05, 4.69) is 4.98 Å². The molecule has 2 rings (SSSR count). The van der Waals surface area contributed by atoms with Gasteiger partial charge in [-0.25, -0.2) is 4.98 Å². The van der Waals surface area contributed by atoms with Crippen molar-refractivity contribution in [2.75, 3.05) is 6.66 Å². The number of aryl methyl sites for hydroxylation is 2. The largest absolute Gasteiger partial charge is 0.299 e. The maximum atomic E-state index is 11.5. The summed E-state index contributed by atoms with van der Waals surface area (Å²) in [7, 11) is 0. The average Bonchev–Trinajstić information content (AvgIpc) is 2.45. The average molecular weight is 236 g/mol. The molecule has 0 saturated carbocycles. The molecule has 1 atom stereocenters. The Hall–Kier alpha value is 0.150. The van der Waals surface area contributed by atoms with E-state index in [9.17, 15) is 4.57 Å². The molecule has 13 heavy (non-hydrogen) atoms. The molecule has 0 fully saturated rings. The molecule has 1 unspecified atom stereocenters. The van der Waals surface area contributed by atoms with Gasteiger partial charge in [0.1, 0.15) is 0 Å². The minimum absolute atomic E-state index is 0.640. The van der Waals surface area contributed by atoms with E-state index in [4.69, 9.17) is 11.2 Å². The van der Waals surface area contributed by atoms with Crippen molar-refractivity contribution < 1.29 is 4.57 Å². The number of nitrogens with zero attached hydrogens (tertiary/aromatic N) is 1. The lowest BCUT2D eigenvalue weighted by Crippen LogP contribution is -2.01. The van der Waals surface area contributed by atoms with Gasteiger partial charge >= 0.3 is 0 Å². The second-order valence-corrected chi connectivity index (χ2v) is 8.78. The highest BCUT2D eigenvalue weighted by Crippen LogP contribution is 2.47. The SMILES string of the molecule is CP(=O)(Cl)c1nc2c(s1)CCCC2. The molecule has 1 aliphatic carbocycles. The lowest BCUT2D eigenvalue weighted by Gasteiger charge is -2.06. The van der Waals surface area contributed by atoms with Crippen molar-refractivity contribution in [2.45, 2.75) is 25.7 Å². The van der Waals surface area contributed by atoms with Crippen molar-refractivity contribution in [2.24, 2.45) is 0 Å². The first-order chi connectivity index (χ1) is 6.07. The number of hydrogen-bond donors (Lipinski definition) is 0. The van der Waals surface area contributed by atoms with Crippen LogP contribution in [0.3, 0.4) is 0 Å². The minimum atomic E-state index is -2.64. The summed E-state index contributed by atoms with van der Waals surface area (Å²) in [5.41, 5.74) is 1.13. The van der Waals surface area contributed by atoms with Crippen LogP contribution in [0.5, 0.6) is 0 Å². The number of halogens is 1. The van der Waals surface area contributed by atoms with Gasteiger partial charge in [0.15, 0.2) is 4.75 Å². The molecule has 72 valence electrons. The van der Waals surface area contributed by atoms with Crippen LogP contribution in [-0.2, 0) is 17.4 Å². The van der Waals surface area contributed by atoms with Crippen LogP contribution in [0.1, 0.15) is 23.4 Å². The molecule has 1 aromatic rings. The molecule has 0 bridgehead atoms. The van der Waals surface area contributed by atoms with Gasteiger partial charge in [-0.1, -0.05) is 0 Å². The van der Waals surface area contributed by atoms with Crippen LogP contribution in [0.15, 0.2) is 0 Å². The van der Waals surface area contributed by atoms with Gasteiger partial charge in [0.05, 0.1) is 5.69 Å². The number of fused-ring (bicyclic) bond motifs is 1. The monoisotopic (exact) mass is 235 g/mol. The van der Waals surface area contributed by atoms with Gasteiger partial charge in [-0.15, -0.1) is 11.3 Å². The van der Waals surface area contributed by atoms with E-state index < -0.39 is 6.49 Å². The number of hydrogen-bond acceptors (Lipinski definition) is 3. The Balaban J connectivity index is 2.41. The van der Waals surface area contributed by atoms with Crippen LogP contribution in [0.2, 0.25) is 0 Å². The van der Waals surface area contributed by atoms with Gasteiger partial charge in [0.2, 0.25) is 6.49 Å². The number of aromatic nitrogens is 1. The molecule has 1 heterocycles. The van der Waals surface area contributed by atoms with Gasteiger partial charge in [0, 0.05) is 11.5 Å². The fraction of sp³-hybridized carbons (Fsp3) is 0.625. The number of rotatable bonds is 1. The van der Waals surface area contributed by atoms with Crippen molar-refractivity contribution in [3.05, 3.63) is 10.6 Å². The fourth-order valence-corrected chi connectivity index (χ4v) is 4.10. The first kappa shape index (κ1) is 9.70. The summed E-state index contributed by atoms with van der Waals surface area (Å²) < 4.78 is 12.2. The highest BCUT2D eigenvalue weighted by molar-refractivity contribution is 7.97. The van der Waals surface area contributed by atoms with E-state index in [0.717, 1.165) is 18.5 Å². The molecular formula is C8H11ClNOPS. The lowest BCUT2D eigenvalue weighted by molar-refractivity contribution is 0.593. The van der Waals surface area contributed by atoms with Crippen LogP contribution >= 0.6 is 29.1 Å². The third kappa shape index (κ3) is 1.98. The van der Waals surface area contributed by atoms with Crippen molar-refractivity contribution in [1.82, 2.24) is 4.98 Å². The van der Waals surface area contributed by atoms with Crippen molar-refractivity contribution in [3.63, 3.8) is 0 Å². The van der Waals surface area contributed by atoms with Gasteiger partial charge in [-0.3, -0.25) is 4.57 Å². The molecule has 0 aromatic carbocycles. The van der Waals surface area contributed by atoms with E-state index in [-0.39, 0.29) is 0 Å². The van der Waals surface area contributed by atoms with Crippen LogP contribution in [0.4, 0.5) is 0 Å². The van der Waals surface area contributed by atoms with Gasteiger partial charge in [-0.05, 0) is 36.9 Å². The molecule has 0 N–H and O–H groups in total. The quantitative estimate of drug-likeness (QED) is 0.701. The van der Waals surface area contributed by atoms with E-state index in [1.165, 1.54) is 29.1 Å².